The number of rotatable bonds is 6. The molecule has 182 valence electrons. The van der Waals surface area contributed by atoms with Crippen LogP contribution in [0.4, 0.5) is 11.4 Å². The number of hydrogen-bond acceptors (Lipinski definition) is 5. The van der Waals surface area contributed by atoms with Crippen molar-refractivity contribution in [1.29, 1.82) is 5.26 Å². The molecule has 0 aromatic heterocycles. The summed E-state index contributed by atoms with van der Waals surface area (Å²) in [6, 6.07) is 21.2. The van der Waals surface area contributed by atoms with E-state index in [2.05, 4.69) is 5.32 Å². The summed E-state index contributed by atoms with van der Waals surface area (Å²) in [5.41, 5.74) is 2.62. The molecular formula is C27H21Cl2N3O3S. The zero-order chi connectivity index (χ0) is 25.8. The van der Waals surface area contributed by atoms with Gasteiger partial charge in [0, 0.05) is 21.4 Å². The quantitative estimate of drug-likeness (QED) is 0.291. The summed E-state index contributed by atoms with van der Waals surface area (Å²) in [5.74, 6) is -0.241. The van der Waals surface area contributed by atoms with E-state index in [4.69, 9.17) is 27.9 Å². The van der Waals surface area contributed by atoms with E-state index in [0.29, 0.717) is 33.6 Å². The normalized spacial score (nSPS) is 16.5. The lowest BCUT2D eigenvalue weighted by Crippen LogP contribution is -2.31. The third-order valence-corrected chi connectivity index (χ3v) is 7.38. The van der Waals surface area contributed by atoms with Gasteiger partial charge in [-0.05, 0) is 73.0 Å². The molecule has 1 N–H and O–H groups in total. The van der Waals surface area contributed by atoms with Crippen molar-refractivity contribution in [3.05, 3.63) is 98.5 Å². The Morgan fingerprint density at radius 3 is 2.53 bits per heavy atom. The molecule has 0 bridgehead atoms. The molecule has 1 atom stereocenters. The Morgan fingerprint density at radius 1 is 1.14 bits per heavy atom. The molecule has 1 saturated heterocycles. The molecule has 1 heterocycles. The Balaban J connectivity index is 1.74. The Bertz CT molecular complexity index is 1400. The number of thioether (sulfide) groups is 1. The number of halogens is 2. The number of amides is 2. The fourth-order valence-electron chi connectivity index (χ4n) is 3.76. The van der Waals surface area contributed by atoms with Crippen LogP contribution in [0.3, 0.4) is 0 Å². The predicted molar refractivity (Wildman–Crippen MR) is 144 cm³/mol. The second kappa shape index (κ2) is 11.1. The number of hydrogen-bond donors (Lipinski definition) is 1. The number of nitrogens with one attached hydrogen (secondary N) is 1. The van der Waals surface area contributed by atoms with Gasteiger partial charge in [-0.25, -0.2) is 0 Å². The highest BCUT2D eigenvalue weighted by Gasteiger charge is 2.41. The summed E-state index contributed by atoms with van der Waals surface area (Å²) in [6.45, 7) is 1.91. The Labute approximate surface area is 223 Å². The van der Waals surface area contributed by atoms with Crippen LogP contribution in [0.15, 0.2) is 77.3 Å². The minimum Gasteiger partial charge on any atom is -0.497 e. The number of ether oxygens (including phenoxy) is 1. The zero-order valence-corrected chi connectivity index (χ0v) is 21.7. The second-order valence-electron chi connectivity index (χ2n) is 8.03. The van der Waals surface area contributed by atoms with Crippen molar-refractivity contribution in [2.45, 2.75) is 18.6 Å². The second-order valence-corrected chi connectivity index (χ2v) is 10.1. The first-order valence-corrected chi connectivity index (χ1v) is 12.5. The summed E-state index contributed by atoms with van der Waals surface area (Å²) in [4.78, 5) is 28.2. The number of aryl methyl sites for hydroxylation is 1. The van der Waals surface area contributed by atoms with Crippen LogP contribution in [0.2, 0.25) is 10.0 Å². The first-order valence-electron chi connectivity index (χ1n) is 10.9. The van der Waals surface area contributed by atoms with Gasteiger partial charge in [-0.1, -0.05) is 53.2 Å². The first kappa shape index (κ1) is 25.6. The summed E-state index contributed by atoms with van der Waals surface area (Å²) in [6.07, 6.45) is 0.299. The van der Waals surface area contributed by atoms with Crippen LogP contribution < -0.4 is 15.0 Å². The van der Waals surface area contributed by atoms with E-state index >= 15 is 0 Å². The summed E-state index contributed by atoms with van der Waals surface area (Å²) >= 11 is 13.5. The Hall–Kier alpha value is -3.44. The average molecular weight is 538 g/mol. The van der Waals surface area contributed by atoms with E-state index in [0.717, 1.165) is 22.9 Å². The lowest BCUT2D eigenvalue weighted by atomic mass is 10.1. The predicted octanol–water partition coefficient (Wildman–Crippen LogP) is 6.38. The highest BCUT2D eigenvalue weighted by Crippen LogP contribution is 2.43. The standard InChI is InChI=1S/C27H21Cl2N3O3S/c1-16-4-3-5-19(12-16)31-25(33)22(15-30)27-32(20-8-10-21(35-2)11-9-20)26(34)24(36-27)13-17-6-7-18(28)14-23(17)29/h3-12,14,24H,13H2,1-2H3,(H,31,33)/b27-22-. The molecule has 3 aromatic carbocycles. The van der Waals surface area contributed by atoms with Gasteiger partial charge in [0.2, 0.25) is 5.91 Å². The first-order chi connectivity index (χ1) is 17.3. The maximum absolute atomic E-state index is 13.6. The molecular weight excluding hydrogens is 517 g/mol. The van der Waals surface area contributed by atoms with Crippen LogP contribution in [0.25, 0.3) is 0 Å². The van der Waals surface area contributed by atoms with Gasteiger partial charge < -0.3 is 10.1 Å². The molecule has 4 rings (SSSR count). The average Bonchev–Trinajstić information content (AvgIpc) is 3.16. The number of nitrogens with zero attached hydrogens (tertiary/aromatic N) is 2. The largest absolute Gasteiger partial charge is 0.497 e. The smallest absolute Gasteiger partial charge is 0.269 e. The molecule has 1 aliphatic heterocycles. The summed E-state index contributed by atoms with van der Waals surface area (Å²) in [7, 11) is 1.55. The number of benzene rings is 3. The summed E-state index contributed by atoms with van der Waals surface area (Å²) in [5, 5.41) is 13.4. The number of carbonyl (C=O) groups excluding carboxylic acids is 2. The minimum atomic E-state index is -0.601. The van der Waals surface area contributed by atoms with Crippen LogP contribution in [-0.4, -0.2) is 24.2 Å². The lowest BCUT2D eigenvalue weighted by Gasteiger charge is -2.19. The maximum Gasteiger partial charge on any atom is 0.269 e. The highest BCUT2D eigenvalue weighted by molar-refractivity contribution is 8.05. The van der Waals surface area contributed by atoms with Gasteiger partial charge in [0.15, 0.2) is 0 Å². The van der Waals surface area contributed by atoms with E-state index in [9.17, 15) is 14.9 Å². The van der Waals surface area contributed by atoms with Crippen molar-refractivity contribution in [1.82, 2.24) is 0 Å². The van der Waals surface area contributed by atoms with Crippen LogP contribution in [-0.2, 0) is 16.0 Å². The lowest BCUT2D eigenvalue weighted by molar-refractivity contribution is -0.117. The van der Waals surface area contributed by atoms with Crippen molar-refractivity contribution < 1.29 is 14.3 Å². The topological polar surface area (TPSA) is 82.4 Å². The van der Waals surface area contributed by atoms with Crippen LogP contribution in [0.1, 0.15) is 11.1 Å². The molecule has 1 unspecified atom stereocenters. The molecule has 0 saturated carbocycles. The van der Waals surface area contributed by atoms with Crippen LogP contribution in [0.5, 0.6) is 5.75 Å². The molecule has 36 heavy (non-hydrogen) atoms. The monoisotopic (exact) mass is 537 g/mol. The fraction of sp³-hybridized carbons (Fsp3) is 0.148. The molecule has 9 heteroatoms. The van der Waals surface area contributed by atoms with Gasteiger partial charge in [0.1, 0.15) is 22.4 Å². The maximum atomic E-state index is 13.6. The van der Waals surface area contributed by atoms with Crippen molar-refractivity contribution >= 4 is 58.2 Å². The molecule has 2 amide bonds. The van der Waals surface area contributed by atoms with Gasteiger partial charge in [0.05, 0.1) is 12.4 Å². The van der Waals surface area contributed by atoms with E-state index in [-0.39, 0.29) is 16.5 Å². The van der Waals surface area contributed by atoms with Gasteiger partial charge >= 0.3 is 0 Å². The van der Waals surface area contributed by atoms with Crippen molar-refractivity contribution in [2.24, 2.45) is 0 Å². The number of nitriles is 1. The van der Waals surface area contributed by atoms with Crippen molar-refractivity contribution in [3.63, 3.8) is 0 Å². The fourth-order valence-corrected chi connectivity index (χ4v) is 5.54. The van der Waals surface area contributed by atoms with Crippen LogP contribution in [0, 0.1) is 18.3 Å². The molecule has 0 spiro atoms. The molecule has 6 nitrogen and oxygen atoms in total. The van der Waals surface area contributed by atoms with Gasteiger partial charge in [-0.15, -0.1) is 0 Å². The molecule has 3 aromatic rings. The summed E-state index contributed by atoms with van der Waals surface area (Å²) < 4.78 is 5.23. The third kappa shape index (κ3) is 5.52. The SMILES string of the molecule is COc1ccc(N2C(=O)C(Cc3ccc(Cl)cc3Cl)S/C2=C(/C#N)C(=O)Nc2cccc(C)c2)cc1. The number of anilines is 2. The Kier molecular flexibility index (Phi) is 7.90. The van der Waals surface area contributed by atoms with Crippen molar-refractivity contribution in [2.75, 3.05) is 17.3 Å². The van der Waals surface area contributed by atoms with E-state index in [1.165, 1.54) is 4.90 Å². The Morgan fingerprint density at radius 2 is 1.89 bits per heavy atom. The molecule has 0 aliphatic carbocycles. The zero-order valence-electron chi connectivity index (χ0n) is 19.4. The van der Waals surface area contributed by atoms with Crippen molar-refractivity contribution in [3.8, 4) is 11.8 Å². The van der Waals surface area contributed by atoms with Gasteiger partial charge in [-0.3, -0.25) is 14.5 Å². The minimum absolute atomic E-state index is 0.157. The highest BCUT2D eigenvalue weighted by atomic mass is 35.5. The number of methoxy groups -OCH3 is 1. The van der Waals surface area contributed by atoms with E-state index in [1.54, 1.807) is 61.7 Å². The van der Waals surface area contributed by atoms with E-state index < -0.39 is 11.2 Å². The number of carbonyl (C=O) groups is 2. The molecule has 1 aliphatic rings. The van der Waals surface area contributed by atoms with Gasteiger partial charge in [-0.2, -0.15) is 5.26 Å². The third-order valence-electron chi connectivity index (χ3n) is 5.53. The molecule has 1 fully saturated rings. The van der Waals surface area contributed by atoms with Crippen LogP contribution >= 0.6 is 35.0 Å². The molecule has 0 radical (unpaired) electrons. The van der Waals surface area contributed by atoms with E-state index in [1.807, 2.05) is 25.1 Å². The van der Waals surface area contributed by atoms with Gasteiger partial charge in [0.25, 0.3) is 5.91 Å².